The van der Waals surface area contributed by atoms with Gasteiger partial charge >= 0.3 is 21.5 Å². The van der Waals surface area contributed by atoms with E-state index in [1.54, 1.807) is 0 Å². The molecule has 2 aromatic carbocycles. The molecule has 130 valence electrons. The third-order valence-corrected chi connectivity index (χ3v) is 3.77. The van der Waals surface area contributed by atoms with Gasteiger partial charge in [-0.15, -0.1) is 0 Å². The predicted molar refractivity (Wildman–Crippen MR) is 86.4 cm³/mol. The first-order chi connectivity index (χ1) is 11.7. The van der Waals surface area contributed by atoms with Crippen molar-refractivity contribution in [1.82, 2.24) is 0 Å². The second-order valence-corrected chi connectivity index (χ2v) is 6.06. The highest BCUT2D eigenvalue weighted by Gasteiger charge is 2.25. The molecule has 2 aromatic rings. The number of phenolic OH excluding ortho intramolecular Hbond substituents is 1. The molecule has 0 atom stereocenters. The summed E-state index contributed by atoms with van der Waals surface area (Å²) in [5.41, 5.74) is -1.21. The number of rotatable bonds is 6. The van der Waals surface area contributed by atoms with E-state index < -0.39 is 37.1 Å². The monoisotopic (exact) mass is 366 g/mol. The molecule has 0 saturated heterocycles. The van der Waals surface area contributed by atoms with Gasteiger partial charge in [-0.05, 0) is 29.8 Å². The van der Waals surface area contributed by atoms with Gasteiger partial charge in [-0.3, -0.25) is 20.2 Å². The Morgan fingerprint density at radius 3 is 2.12 bits per heavy atom. The summed E-state index contributed by atoms with van der Waals surface area (Å²) in [6.45, 7) is 0. The van der Waals surface area contributed by atoms with Crippen molar-refractivity contribution in [3.8, 4) is 11.5 Å². The highest BCUT2D eigenvalue weighted by Crippen LogP contribution is 2.31. The quantitative estimate of drug-likeness (QED) is 0.465. The van der Waals surface area contributed by atoms with Gasteiger partial charge in [-0.25, -0.2) is 0 Å². The van der Waals surface area contributed by atoms with Crippen molar-refractivity contribution in [1.29, 1.82) is 0 Å². The molecule has 25 heavy (non-hydrogen) atoms. The lowest BCUT2D eigenvalue weighted by Crippen LogP contribution is -2.06. The summed E-state index contributed by atoms with van der Waals surface area (Å²) in [6, 6.07) is 8.00. The van der Waals surface area contributed by atoms with Crippen molar-refractivity contribution in [2.45, 2.75) is 0 Å². The number of hydrogen-bond donors (Lipinski definition) is 1. The molecular weight excluding hydrogens is 356 g/mol. The maximum Gasteiger partial charge on any atom is 0.349 e. The van der Waals surface area contributed by atoms with Crippen LogP contribution in [0, 0.1) is 20.2 Å². The molecule has 1 N–H and O–H groups in total. The summed E-state index contributed by atoms with van der Waals surface area (Å²) in [5, 5.41) is 31.4. The van der Waals surface area contributed by atoms with Crippen LogP contribution < -0.4 is 4.18 Å². The van der Waals surface area contributed by atoms with Crippen LogP contribution in [0.1, 0.15) is 5.56 Å². The van der Waals surface area contributed by atoms with E-state index in [0.717, 1.165) is 12.1 Å². The predicted octanol–water partition coefficient (Wildman–Crippen LogP) is 2.59. The Bertz CT molecular complexity index is 951. The number of benzene rings is 2. The summed E-state index contributed by atoms with van der Waals surface area (Å²) in [5.74, 6) is -0.429. The van der Waals surface area contributed by atoms with Crippen LogP contribution in [-0.2, 0) is 10.1 Å². The van der Waals surface area contributed by atoms with Crippen LogP contribution in [0.15, 0.2) is 47.9 Å². The first-order valence-corrected chi connectivity index (χ1v) is 7.99. The minimum absolute atomic E-state index is 0.00875. The minimum Gasteiger partial charge on any atom is -0.508 e. The fraction of sp³-hybridized carbons (Fsp3) is 0. The van der Waals surface area contributed by atoms with Gasteiger partial charge in [0.15, 0.2) is 0 Å². The number of hydrogen-bond acceptors (Lipinski definition) is 8. The lowest BCUT2D eigenvalue weighted by Gasteiger charge is -2.03. The number of phenols is 1. The molecule has 0 unspecified atom stereocenters. The molecule has 0 amide bonds. The highest BCUT2D eigenvalue weighted by atomic mass is 32.2. The Balaban J connectivity index is 2.25. The zero-order valence-corrected chi connectivity index (χ0v) is 13.1. The van der Waals surface area contributed by atoms with Gasteiger partial charge in [0.05, 0.1) is 21.3 Å². The third kappa shape index (κ3) is 4.75. The maximum absolute atomic E-state index is 11.9. The normalized spacial score (nSPS) is 11.4. The fourth-order valence-electron chi connectivity index (χ4n) is 1.76. The Morgan fingerprint density at radius 1 is 0.960 bits per heavy atom. The van der Waals surface area contributed by atoms with Crippen LogP contribution in [0.5, 0.6) is 11.5 Å². The molecule has 0 aromatic heterocycles. The molecule has 0 fully saturated rings. The molecule has 0 bridgehead atoms. The molecule has 0 saturated carbocycles. The summed E-state index contributed by atoms with van der Waals surface area (Å²) in [4.78, 5) is 19.6. The van der Waals surface area contributed by atoms with Crippen LogP contribution >= 0.6 is 0 Å². The van der Waals surface area contributed by atoms with Crippen molar-refractivity contribution in [3.05, 3.63) is 73.7 Å². The number of nitro benzene ring substituents is 2. The smallest absolute Gasteiger partial charge is 0.349 e. The summed E-state index contributed by atoms with van der Waals surface area (Å²) in [6.07, 6.45) is 1.19. The summed E-state index contributed by atoms with van der Waals surface area (Å²) < 4.78 is 28.4. The largest absolute Gasteiger partial charge is 0.508 e. The van der Waals surface area contributed by atoms with Crippen molar-refractivity contribution in [2.75, 3.05) is 0 Å². The van der Waals surface area contributed by atoms with E-state index in [1.165, 1.54) is 30.3 Å². The fourth-order valence-corrected chi connectivity index (χ4v) is 2.52. The summed E-state index contributed by atoms with van der Waals surface area (Å²) in [7, 11) is -4.25. The average molecular weight is 366 g/mol. The maximum atomic E-state index is 11.9. The van der Waals surface area contributed by atoms with E-state index >= 15 is 0 Å². The van der Waals surface area contributed by atoms with Gasteiger partial charge in [0.25, 0.3) is 0 Å². The molecule has 0 aliphatic rings. The van der Waals surface area contributed by atoms with Crippen LogP contribution in [0.3, 0.4) is 0 Å². The molecule has 0 aliphatic carbocycles. The van der Waals surface area contributed by atoms with Crippen LogP contribution in [0.25, 0.3) is 6.08 Å². The first kappa shape index (κ1) is 17.9. The topological polar surface area (TPSA) is 150 Å². The van der Waals surface area contributed by atoms with Gasteiger partial charge < -0.3 is 9.29 Å². The van der Waals surface area contributed by atoms with Crippen molar-refractivity contribution < 1.29 is 27.6 Å². The van der Waals surface area contributed by atoms with Gasteiger partial charge in [0.1, 0.15) is 11.5 Å². The third-order valence-electron chi connectivity index (χ3n) is 2.87. The van der Waals surface area contributed by atoms with E-state index in [2.05, 4.69) is 4.18 Å². The lowest BCUT2D eigenvalue weighted by atomic mass is 10.2. The Morgan fingerprint density at radius 2 is 1.56 bits per heavy atom. The van der Waals surface area contributed by atoms with E-state index in [4.69, 9.17) is 5.11 Å². The van der Waals surface area contributed by atoms with Crippen molar-refractivity contribution in [2.24, 2.45) is 0 Å². The average Bonchev–Trinajstić information content (AvgIpc) is 2.53. The lowest BCUT2D eigenvalue weighted by molar-refractivity contribution is -0.422. The van der Waals surface area contributed by atoms with E-state index in [9.17, 15) is 28.6 Å². The van der Waals surface area contributed by atoms with Crippen LogP contribution in [0.2, 0.25) is 0 Å². The Kier molecular flexibility index (Phi) is 4.98. The van der Waals surface area contributed by atoms with Gasteiger partial charge in [-0.1, -0.05) is 12.1 Å². The van der Waals surface area contributed by atoms with Crippen LogP contribution in [-0.4, -0.2) is 23.4 Å². The van der Waals surface area contributed by atoms with Crippen molar-refractivity contribution in [3.63, 3.8) is 0 Å². The first-order valence-electron chi connectivity index (χ1n) is 6.52. The molecule has 10 nitrogen and oxygen atoms in total. The highest BCUT2D eigenvalue weighted by molar-refractivity contribution is 7.90. The molecule has 0 radical (unpaired) electrons. The molecule has 11 heteroatoms. The standard InChI is InChI=1S/C14H10N2O8S/c17-11-3-1-10(2-4-11)7-8-25(22,23)24-12-5-6-13(15(18)19)14(9-12)16(20)21/h1-9,17H/b8-7+. The zero-order chi connectivity index (χ0) is 18.6. The van der Waals surface area contributed by atoms with E-state index in [0.29, 0.717) is 17.0 Å². The van der Waals surface area contributed by atoms with Crippen molar-refractivity contribution >= 4 is 27.6 Å². The van der Waals surface area contributed by atoms with E-state index in [-0.39, 0.29) is 5.75 Å². The number of nitro groups is 2. The number of aromatic hydroxyl groups is 1. The van der Waals surface area contributed by atoms with Gasteiger partial charge in [0, 0.05) is 6.07 Å². The van der Waals surface area contributed by atoms with Gasteiger partial charge in [0.2, 0.25) is 0 Å². The van der Waals surface area contributed by atoms with Crippen LogP contribution in [0.4, 0.5) is 11.4 Å². The SMILES string of the molecule is O=[N+]([O-])c1ccc(OS(=O)(=O)/C=C/c2ccc(O)cc2)cc1[N+](=O)[O-]. The molecule has 2 rings (SSSR count). The van der Waals surface area contributed by atoms with E-state index in [1.807, 2.05) is 0 Å². The second-order valence-electron chi connectivity index (χ2n) is 4.64. The summed E-state index contributed by atoms with van der Waals surface area (Å²) >= 11 is 0. The second kappa shape index (κ2) is 6.97. The Labute approximate surface area is 141 Å². The molecular formula is C14H10N2O8S. The zero-order valence-electron chi connectivity index (χ0n) is 12.3. The Hall–Kier alpha value is -3.47. The minimum atomic E-state index is -4.25. The molecule has 0 spiro atoms. The van der Waals surface area contributed by atoms with Gasteiger partial charge in [-0.2, -0.15) is 8.42 Å². The molecule has 0 aliphatic heterocycles. The molecule has 0 heterocycles. The number of nitrogens with zero attached hydrogens (tertiary/aromatic N) is 2.